The quantitative estimate of drug-likeness (QED) is 0.551. The molecule has 1 aromatic rings. The first kappa shape index (κ1) is 11.5. The van der Waals surface area contributed by atoms with Crippen LogP contribution in [0.1, 0.15) is 17.5 Å². The van der Waals surface area contributed by atoms with Gasteiger partial charge in [0.2, 0.25) is 0 Å². The van der Waals surface area contributed by atoms with Crippen LogP contribution in [0.2, 0.25) is 0 Å². The maximum absolute atomic E-state index is 13.1. The fourth-order valence-electron chi connectivity index (χ4n) is 1.19. The van der Waals surface area contributed by atoms with Crippen LogP contribution in [0.4, 0.5) is 17.6 Å². The third-order valence-corrected chi connectivity index (χ3v) is 2.06. The molecule has 0 spiro atoms. The molecule has 15 heavy (non-hydrogen) atoms. The molecule has 0 unspecified atom stereocenters. The zero-order valence-electron chi connectivity index (χ0n) is 7.87. The SMILES string of the molecule is Cc1c(F)c(F)c(CCC#N)c(F)c1F. The van der Waals surface area contributed by atoms with Gasteiger partial charge in [-0.25, -0.2) is 17.6 Å². The molecule has 1 rings (SSSR count). The van der Waals surface area contributed by atoms with E-state index in [1.165, 1.54) is 0 Å². The first-order valence-electron chi connectivity index (χ1n) is 4.19. The van der Waals surface area contributed by atoms with Crippen molar-refractivity contribution in [1.29, 1.82) is 5.26 Å². The number of nitriles is 1. The van der Waals surface area contributed by atoms with Gasteiger partial charge in [0.15, 0.2) is 23.3 Å². The molecule has 0 aromatic heterocycles. The van der Waals surface area contributed by atoms with Gasteiger partial charge in [-0.2, -0.15) is 5.26 Å². The molecule has 0 heterocycles. The van der Waals surface area contributed by atoms with E-state index in [0.29, 0.717) is 0 Å². The molecule has 80 valence electrons. The summed E-state index contributed by atoms with van der Waals surface area (Å²) in [4.78, 5) is 0. The van der Waals surface area contributed by atoms with E-state index in [1.807, 2.05) is 0 Å². The Balaban J connectivity index is 3.33. The fourth-order valence-corrected chi connectivity index (χ4v) is 1.19. The van der Waals surface area contributed by atoms with Crippen LogP contribution in [0.15, 0.2) is 0 Å². The lowest BCUT2D eigenvalue weighted by Gasteiger charge is -2.07. The smallest absolute Gasteiger partial charge is 0.165 e. The fraction of sp³-hybridized carbons (Fsp3) is 0.300. The molecule has 0 fully saturated rings. The van der Waals surface area contributed by atoms with Crippen molar-refractivity contribution in [2.45, 2.75) is 19.8 Å². The van der Waals surface area contributed by atoms with Crippen molar-refractivity contribution >= 4 is 0 Å². The lowest BCUT2D eigenvalue weighted by molar-refractivity contribution is 0.431. The normalized spacial score (nSPS) is 10.1. The molecule has 5 heteroatoms. The molecule has 0 radical (unpaired) electrons. The predicted molar refractivity (Wildman–Crippen MR) is 44.9 cm³/mol. The van der Waals surface area contributed by atoms with Crippen LogP contribution in [0.3, 0.4) is 0 Å². The number of hydrogen-bond donors (Lipinski definition) is 0. The highest BCUT2D eigenvalue weighted by Crippen LogP contribution is 2.24. The molecule has 0 bridgehead atoms. The Kier molecular flexibility index (Phi) is 3.30. The third kappa shape index (κ3) is 1.94. The molecule has 1 aromatic carbocycles. The monoisotopic (exact) mass is 217 g/mol. The Morgan fingerprint density at radius 1 is 1.00 bits per heavy atom. The Morgan fingerprint density at radius 3 is 1.87 bits per heavy atom. The van der Waals surface area contributed by atoms with Gasteiger partial charge in [0, 0.05) is 17.5 Å². The molecular formula is C10H7F4N. The zero-order chi connectivity index (χ0) is 11.6. The topological polar surface area (TPSA) is 23.8 Å². The highest BCUT2D eigenvalue weighted by molar-refractivity contribution is 5.29. The summed E-state index contributed by atoms with van der Waals surface area (Å²) < 4.78 is 52.3. The third-order valence-electron chi connectivity index (χ3n) is 2.06. The first-order chi connectivity index (χ1) is 7.00. The van der Waals surface area contributed by atoms with Crippen LogP contribution in [0.5, 0.6) is 0 Å². The first-order valence-corrected chi connectivity index (χ1v) is 4.19. The number of hydrogen-bond acceptors (Lipinski definition) is 1. The molecule has 0 amide bonds. The van der Waals surface area contributed by atoms with Gasteiger partial charge in [-0.1, -0.05) is 0 Å². The number of rotatable bonds is 2. The van der Waals surface area contributed by atoms with Crippen LogP contribution in [0, 0.1) is 41.5 Å². The Hall–Kier alpha value is -1.57. The lowest BCUT2D eigenvalue weighted by atomic mass is 10.0. The van der Waals surface area contributed by atoms with Gasteiger partial charge < -0.3 is 0 Å². The van der Waals surface area contributed by atoms with Crippen LogP contribution in [-0.2, 0) is 6.42 Å². The van der Waals surface area contributed by atoms with Crippen molar-refractivity contribution < 1.29 is 17.6 Å². The Labute approximate surface area is 83.9 Å². The summed E-state index contributed by atoms with van der Waals surface area (Å²) in [6.07, 6.45) is -0.544. The van der Waals surface area contributed by atoms with E-state index in [0.717, 1.165) is 6.92 Å². The summed E-state index contributed by atoms with van der Waals surface area (Å²) in [5, 5.41) is 8.22. The molecule has 0 N–H and O–H groups in total. The zero-order valence-corrected chi connectivity index (χ0v) is 7.87. The van der Waals surface area contributed by atoms with Crippen molar-refractivity contribution in [3.05, 3.63) is 34.4 Å². The second-order valence-electron chi connectivity index (χ2n) is 3.02. The van der Waals surface area contributed by atoms with E-state index in [-0.39, 0.29) is 12.8 Å². The van der Waals surface area contributed by atoms with Crippen LogP contribution in [0.25, 0.3) is 0 Å². The van der Waals surface area contributed by atoms with Gasteiger partial charge in [-0.15, -0.1) is 0 Å². The Morgan fingerprint density at radius 2 is 1.47 bits per heavy atom. The van der Waals surface area contributed by atoms with Gasteiger partial charge in [0.05, 0.1) is 6.07 Å². The summed E-state index contributed by atoms with van der Waals surface area (Å²) in [6.45, 7) is 0.949. The van der Waals surface area contributed by atoms with Crippen molar-refractivity contribution in [2.24, 2.45) is 0 Å². The van der Waals surface area contributed by atoms with Gasteiger partial charge in [-0.3, -0.25) is 0 Å². The maximum Gasteiger partial charge on any atom is 0.165 e. The molecule has 0 saturated carbocycles. The standard InChI is InChI=1S/C10H7F4N/c1-5-7(11)9(13)6(3-2-4-15)10(14)8(5)12/h2-3H2,1H3. The minimum Gasteiger partial charge on any atom is -0.203 e. The van der Waals surface area contributed by atoms with Crippen molar-refractivity contribution in [3.8, 4) is 6.07 Å². The maximum atomic E-state index is 13.1. The highest BCUT2D eigenvalue weighted by Gasteiger charge is 2.22. The van der Waals surface area contributed by atoms with E-state index in [1.54, 1.807) is 6.07 Å². The molecule has 0 aliphatic carbocycles. The Bertz CT molecular complexity index is 405. The summed E-state index contributed by atoms with van der Waals surface area (Å²) in [5.74, 6) is -5.63. The molecule has 0 aliphatic heterocycles. The van der Waals surface area contributed by atoms with Gasteiger partial charge in [-0.05, 0) is 13.3 Å². The largest absolute Gasteiger partial charge is 0.203 e. The average molecular weight is 217 g/mol. The van der Waals surface area contributed by atoms with Gasteiger partial charge in [0.1, 0.15) is 0 Å². The average Bonchev–Trinajstić information content (AvgIpc) is 2.24. The van der Waals surface area contributed by atoms with Crippen molar-refractivity contribution in [3.63, 3.8) is 0 Å². The summed E-state index contributed by atoms with van der Waals surface area (Å²) >= 11 is 0. The van der Waals surface area contributed by atoms with Crippen LogP contribution in [-0.4, -0.2) is 0 Å². The minimum absolute atomic E-state index is 0.199. The van der Waals surface area contributed by atoms with Crippen LogP contribution < -0.4 is 0 Å². The van der Waals surface area contributed by atoms with Gasteiger partial charge in [0.25, 0.3) is 0 Å². The molecule has 0 saturated heterocycles. The highest BCUT2D eigenvalue weighted by atomic mass is 19.2. The minimum atomic E-state index is -1.42. The van der Waals surface area contributed by atoms with Crippen molar-refractivity contribution in [2.75, 3.05) is 0 Å². The second kappa shape index (κ2) is 4.30. The van der Waals surface area contributed by atoms with E-state index in [2.05, 4.69) is 0 Å². The number of nitrogens with zero attached hydrogens (tertiary/aromatic N) is 1. The molecular weight excluding hydrogens is 210 g/mol. The second-order valence-corrected chi connectivity index (χ2v) is 3.02. The van der Waals surface area contributed by atoms with Crippen molar-refractivity contribution in [1.82, 2.24) is 0 Å². The predicted octanol–water partition coefficient (Wildman–Crippen LogP) is 3.01. The summed E-state index contributed by atoms with van der Waals surface area (Å²) in [6, 6.07) is 1.65. The van der Waals surface area contributed by atoms with E-state index >= 15 is 0 Å². The number of halogens is 4. The molecule has 1 nitrogen and oxygen atoms in total. The summed E-state index contributed by atoms with van der Waals surface area (Å²) in [7, 11) is 0. The van der Waals surface area contributed by atoms with Crippen LogP contribution >= 0.6 is 0 Å². The lowest BCUT2D eigenvalue weighted by Crippen LogP contribution is -2.06. The number of benzene rings is 1. The van der Waals surface area contributed by atoms with E-state index < -0.39 is 34.4 Å². The molecule has 0 aliphatic rings. The molecule has 0 atom stereocenters. The summed E-state index contributed by atoms with van der Waals surface area (Å²) in [5.41, 5.74) is -1.40. The van der Waals surface area contributed by atoms with Gasteiger partial charge >= 0.3 is 0 Å². The van der Waals surface area contributed by atoms with E-state index in [4.69, 9.17) is 5.26 Å². The van der Waals surface area contributed by atoms with E-state index in [9.17, 15) is 17.6 Å².